The Bertz CT molecular complexity index is 764. The number of nitrogens with zero attached hydrogens (tertiary/aromatic N) is 4. The molecule has 2 rings (SSSR count). The molecule has 0 saturated heterocycles. The fraction of sp³-hybridized carbons (Fsp3) is 0.0909. The maximum absolute atomic E-state index is 10.7. The summed E-state index contributed by atoms with van der Waals surface area (Å²) < 4.78 is 126. The van der Waals surface area contributed by atoms with Gasteiger partial charge in [-0.25, -0.2) is 9.13 Å². The molecule has 29 heavy (non-hydrogen) atoms. The molecule has 0 aliphatic heterocycles. The molecule has 0 aliphatic rings. The average molecular weight is 492 g/mol. The van der Waals surface area contributed by atoms with E-state index in [-0.39, 0.29) is 0 Å². The molecule has 0 atom stereocenters. The first-order valence-corrected chi connectivity index (χ1v) is 10.8. The molecule has 0 N–H and O–H groups in total. The normalized spacial score (nSPS) is 16.4. The molecule has 0 unspecified atom stereocenters. The molecule has 0 aliphatic carbocycles. The summed E-state index contributed by atoms with van der Waals surface area (Å²) in [5.41, 5.74) is 0. The van der Waals surface area contributed by atoms with E-state index in [1.165, 1.54) is 0 Å². The number of hydrogen-bond donors (Lipinski definition) is 0. The summed E-state index contributed by atoms with van der Waals surface area (Å²) in [5, 5.41) is 0. The van der Waals surface area contributed by atoms with Crippen LogP contribution in [-0.2, 0) is 6.67 Å². The zero-order valence-corrected chi connectivity index (χ0v) is 15.7. The molecule has 0 spiro atoms. The minimum atomic E-state index is -10.7. The van der Waals surface area contributed by atoms with E-state index in [1.54, 1.807) is 12.4 Å². The van der Waals surface area contributed by atoms with Gasteiger partial charge in [-0.3, -0.25) is 0 Å². The Labute approximate surface area is 155 Å². The first-order chi connectivity index (χ1) is 12.2. The number of imidazole rings is 2. The van der Waals surface area contributed by atoms with Crippen molar-refractivity contribution in [3.63, 3.8) is 0 Å². The van der Waals surface area contributed by atoms with Gasteiger partial charge in [-0.15, -0.1) is 0 Å². The van der Waals surface area contributed by atoms with Crippen LogP contribution in [0.3, 0.4) is 0 Å². The first kappa shape index (κ1) is 26.9. The van der Waals surface area contributed by atoms with Gasteiger partial charge in [0, 0.05) is 0 Å². The summed E-state index contributed by atoms with van der Waals surface area (Å²) in [6.07, 6.45) is 15.4. The predicted molar refractivity (Wildman–Crippen MR) is 84.6 cm³/mol. The summed E-state index contributed by atoms with van der Waals surface area (Å²) in [4.78, 5) is 0. The van der Waals surface area contributed by atoms with E-state index in [9.17, 15) is 50.4 Å². The second-order valence-electron chi connectivity index (χ2n) is 5.17. The Morgan fingerprint density at radius 3 is 1.03 bits per heavy atom. The summed E-state index contributed by atoms with van der Waals surface area (Å²) in [5.74, 6) is 0. The van der Waals surface area contributed by atoms with Gasteiger partial charge in [-0.2, -0.15) is 9.13 Å². The van der Waals surface area contributed by atoms with Crippen LogP contribution in [0.2, 0.25) is 0 Å². The molecule has 0 aromatic carbocycles. The van der Waals surface area contributed by atoms with E-state index in [2.05, 4.69) is 22.3 Å². The van der Waals surface area contributed by atoms with Gasteiger partial charge in [0.15, 0.2) is 0 Å². The fourth-order valence-corrected chi connectivity index (χ4v) is 1.39. The molecule has 2 aromatic heterocycles. The van der Waals surface area contributed by atoms with E-state index in [0.717, 1.165) is 6.67 Å². The van der Waals surface area contributed by atoms with Gasteiger partial charge in [0.2, 0.25) is 6.67 Å². The van der Waals surface area contributed by atoms with Crippen LogP contribution >= 0.6 is 15.6 Å². The van der Waals surface area contributed by atoms with E-state index in [0.29, 0.717) is 0 Å². The van der Waals surface area contributed by atoms with Gasteiger partial charge in [-0.05, 0) is 0 Å². The monoisotopic (exact) mass is 492 g/mol. The van der Waals surface area contributed by atoms with Gasteiger partial charge in [0.1, 0.15) is 24.8 Å². The van der Waals surface area contributed by atoms with Gasteiger partial charge in [0.05, 0.1) is 12.4 Å². The predicted octanol–water partition coefficient (Wildman–Crippen LogP) is 7.34. The van der Waals surface area contributed by atoms with Crippen molar-refractivity contribution in [2.45, 2.75) is 6.67 Å². The average Bonchev–Trinajstić information content (AvgIpc) is 3.00. The van der Waals surface area contributed by atoms with Gasteiger partial charge < -0.3 is 0 Å². The zero-order chi connectivity index (χ0) is 23.5. The van der Waals surface area contributed by atoms with Gasteiger partial charge in [-0.1, -0.05) is 13.2 Å². The van der Waals surface area contributed by atoms with Crippen LogP contribution in [0.1, 0.15) is 0 Å². The molecule has 18 heteroatoms. The molecule has 4 nitrogen and oxygen atoms in total. The van der Waals surface area contributed by atoms with Crippen LogP contribution in [0.15, 0.2) is 50.6 Å². The summed E-state index contributed by atoms with van der Waals surface area (Å²) in [6.45, 7) is 8.17. The van der Waals surface area contributed by atoms with Crippen molar-refractivity contribution in [3.05, 3.63) is 50.6 Å². The fourth-order valence-electron chi connectivity index (χ4n) is 1.39. The van der Waals surface area contributed by atoms with Crippen molar-refractivity contribution in [1.29, 1.82) is 0 Å². The van der Waals surface area contributed by atoms with E-state index in [1.807, 2.05) is 46.6 Å². The van der Waals surface area contributed by atoms with Crippen LogP contribution in [0.5, 0.6) is 0 Å². The van der Waals surface area contributed by atoms with Gasteiger partial charge >= 0.3 is 66.0 Å². The van der Waals surface area contributed by atoms with Crippen LogP contribution in [-0.4, -0.2) is 9.13 Å². The van der Waals surface area contributed by atoms with Crippen LogP contribution in [0.4, 0.5) is 50.4 Å². The van der Waals surface area contributed by atoms with E-state index in [4.69, 9.17) is 0 Å². The SMILES string of the molecule is C=Cn1cc[n+](C[n+]2ccn(C=C)c2)c1.F[P-](F)(F)(F)(F)F.F[P-](F)(F)(F)(F)F. The molecule has 0 saturated carbocycles. The van der Waals surface area contributed by atoms with Crippen molar-refractivity contribution in [3.8, 4) is 0 Å². The van der Waals surface area contributed by atoms with Crippen molar-refractivity contribution >= 4 is 28.0 Å². The number of hydrogen-bond acceptors (Lipinski definition) is 0. The molecule has 0 amide bonds. The zero-order valence-electron chi connectivity index (χ0n) is 14.0. The molecular weight excluding hydrogens is 478 g/mol. The van der Waals surface area contributed by atoms with E-state index >= 15 is 0 Å². The minimum absolute atomic E-state index is 0.779. The Balaban J connectivity index is 0.000000473. The quantitative estimate of drug-likeness (QED) is 0.242. The molecule has 2 aromatic rings. The van der Waals surface area contributed by atoms with E-state index < -0.39 is 15.6 Å². The van der Waals surface area contributed by atoms with Crippen molar-refractivity contribution < 1.29 is 59.5 Å². The Morgan fingerprint density at radius 1 is 0.621 bits per heavy atom. The molecule has 0 bridgehead atoms. The summed E-state index contributed by atoms with van der Waals surface area (Å²) in [6, 6.07) is 0. The molecule has 2 heterocycles. The van der Waals surface area contributed by atoms with Crippen molar-refractivity contribution in [2.75, 3.05) is 0 Å². The van der Waals surface area contributed by atoms with Crippen molar-refractivity contribution in [2.24, 2.45) is 0 Å². The second-order valence-corrected chi connectivity index (χ2v) is 9.01. The summed E-state index contributed by atoms with van der Waals surface area (Å²) in [7, 11) is -21.3. The molecule has 0 radical (unpaired) electrons. The molecular formula is C11H14F12N4P2. The van der Waals surface area contributed by atoms with Crippen molar-refractivity contribution in [1.82, 2.24) is 9.13 Å². The maximum atomic E-state index is 9.87. The van der Waals surface area contributed by atoms with Crippen LogP contribution in [0, 0.1) is 0 Å². The third-order valence-electron chi connectivity index (χ3n) is 2.17. The Hall–Kier alpha value is -2.08. The van der Waals surface area contributed by atoms with Crippen LogP contribution in [0.25, 0.3) is 12.4 Å². The molecule has 172 valence electrons. The molecule has 0 fully saturated rings. The Kier molecular flexibility index (Phi) is 6.24. The van der Waals surface area contributed by atoms with Crippen LogP contribution < -0.4 is 9.13 Å². The number of halogens is 12. The summed E-state index contributed by atoms with van der Waals surface area (Å²) >= 11 is 0. The Morgan fingerprint density at radius 2 is 0.862 bits per heavy atom. The first-order valence-electron chi connectivity index (χ1n) is 6.73. The second kappa shape index (κ2) is 6.73. The topological polar surface area (TPSA) is 17.6 Å². The third-order valence-corrected chi connectivity index (χ3v) is 2.17. The number of rotatable bonds is 4. The standard InChI is InChI=1S/C11H14N4.2F6P/c1-3-12-5-7-14(9-12)11-15-8-6-13(4-2)10-15;2*1-7(2,3,4,5)6/h3-10H,1-2,11H2;;/q+2;2*-1. The number of aromatic nitrogens is 4. The van der Waals surface area contributed by atoms with Gasteiger partial charge in [0.25, 0.3) is 12.7 Å². The third kappa shape index (κ3) is 25.9.